The number of aromatic nitrogens is 2. The first-order valence-electron chi connectivity index (χ1n) is 5.12. The van der Waals surface area contributed by atoms with E-state index in [1.54, 1.807) is 24.3 Å². The van der Waals surface area contributed by atoms with Gasteiger partial charge in [0.25, 0.3) is 0 Å². The number of aromatic amines is 1. The highest BCUT2D eigenvalue weighted by Crippen LogP contribution is 2.28. The number of hydrogen-bond donors (Lipinski definition) is 1. The molecule has 1 aromatic carbocycles. The quantitative estimate of drug-likeness (QED) is 0.837. The molecule has 1 N–H and O–H groups in total. The van der Waals surface area contributed by atoms with Crippen LogP contribution >= 0.6 is 0 Å². The molecule has 0 aliphatic rings. The number of carbonyl (C=O) groups excluding carboxylic acids is 1. The van der Waals surface area contributed by atoms with Gasteiger partial charge in [0.05, 0.1) is 0 Å². The van der Waals surface area contributed by atoms with Gasteiger partial charge in [-0.2, -0.15) is 18.3 Å². The highest BCUT2D eigenvalue weighted by molar-refractivity contribution is 6.07. The molecule has 0 atom stereocenters. The topological polar surface area (TPSA) is 45.8 Å². The van der Waals surface area contributed by atoms with Crippen LogP contribution in [-0.2, 0) is 6.18 Å². The fourth-order valence-electron chi connectivity index (χ4n) is 1.44. The molecule has 0 bridgehead atoms. The largest absolute Gasteiger partial charge is 0.432 e. The molecule has 6 heteroatoms. The second-order valence-electron chi connectivity index (χ2n) is 3.86. The SMILES string of the molecule is Cc1ccc(C(=O)c2cc(C(F)(F)F)[nH]n2)cc1. The average Bonchev–Trinajstić information content (AvgIpc) is 2.78. The van der Waals surface area contributed by atoms with E-state index >= 15 is 0 Å². The first kappa shape index (κ1) is 12.3. The molecule has 0 saturated carbocycles. The van der Waals surface area contributed by atoms with Gasteiger partial charge in [-0.3, -0.25) is 9.89 Å². The number of nitrogens with zero attached hydrogens (tertiary/aromatic N) is 1. The summed E-state index contributed by atoms with van der Waals surface area (Å²) < 4.78 is 37.0. The van der Waals surface area contributed by atoms with Crippen LogP contribution in [0.25, 0.3) is 0 Å². The second kappa shape index (κ2) is 4.29. The molecule has 0 fully saturated rings. The van der Waals surface area contributed by atoms with Crippen molar-refractivity contribution < 1.29 is 18.0 Å². The molecule has 1 heterocycles. The molecule has 0 saturated heterocycles. The summed E-state index contributed by atoms with van der Waals surface area (Å²) >= 11 is 0. The van der Waals surface area contributed by atoms with Crippen molar-refractivity contribution in [3.05, 3.63) is 52.8 Å². The minimum Gasteiger partial charge on any atom is -0.287 e. The molecular weight excluding hydrogens is 245 g/mol. The third kappa shape index (κ3) is 2.42. The molecule has 0 amide bonds. The first-order valence-corrected chi connectivity index (χ1v) is 5.12. The summed E-state index contributed by atoms with van der Waals surface area (Å²) in [5, 5.41) is 5.20. The Labute approximate surface area is 101 Å². The van der Waals surface area contributed by atoms with Gasteiger partial charge in [0.2, 0.25) is 5.78 Å². The number of halogens is 3. The number of H-pyrrole nitrogens is 1. The van der Waals surface area contributed by atoms with Crippen LogP contribution in [0.1, 0.15) is 27.3 Å². The van der Waals surface area contributed by atoms with Gasteiger partial charge >= 0.3 is 6.18 Å². The van der Waals surface area contributed by atoms with E-state index in [9.17, 15) is 18.0 Å². The van der Waals surface area contributed by atoms with E-state index in [0.717, 1.165) is 5.56 Å². The summed E-state index contributed by atoms with van der Waals surface area (Å²) in [5.74, 6) is -0.540. The first-order chi connectivity index (χ1) is 8.38. The highest BCUT2D eigenvalue weighted by atomic mass is 19.4. The Kier molecular flexibility index (Phi) is 2.94. The number of hydrogen-bond acceptors (Lipinski definition) is 2. The zero-order valence-electron chi connectivity index (χ0n) is 9.38. The van der Waals surface area contributed by atoms with Gasteiger partial charge < -0.3 is 0 Å². The normalized spacial score (nSPS) is 11.6. The third-order valence-electron chi connectivity index (χ3n) is 2.43. The Morgan fingerprint density at radius 1 is 1.22 bits per heavy atom. The van der Waals surface area contributed by atoms with E-state index < -0.39 is 17.7 Å². The molecule has 0 aliphatic heterocycles. The zero-order valence-corrected chi connectivity index (χ0v) is 9.38. The Bertz CT molecular complexity index is 570. The molecule has 0 unspecified atom stereocenters. The summed E-state index contributed by atoms with van der Waals surface area (Å²) in [6.45, 7) is 1.85. The molecule has 0 spiro atoms. The van der Waals surface area contributed by atoms with Crippen molar-refractivity contribution >= 4 is 5.78 Å². The van der Waals surface area contributed by atoms with Crippen molar-refractivity contribution in [2.24, 2.45) is 0 Å². The minimum absolute atomic E-state index is 0.244. The van der Waals surface area contributed by atoms with Crippen LogP contribution in [-0.4, -0.2) is 16.0 Å². The molecule has 2 aromatic rings. The van der Waals surface area contributed by atoms with E-state index in [2.05, 4.69) is 5.10 Å². The van der Waals surface area contributed by atoms with Gasteiger partial charge in [0.1, 0.15) is 11.4 Å². The molecule has 3 nitrogen and oxygen atoms in total. The van der Waals surface area contributed by atoms with Gasteiger partial charge in [-0.05, 0) is 13.0 Å². The fraction of sp³-hybridized carbons (Fsp3) is 0.167. The molecule has 18 heavy (non-hydrogen) atoms. The number of benzene rings is 1. The van der Waals surface area contributed by atoms with Gasteiger partial charge in [-0.15, -0.1) is 0 Å². The maximum atomic E-state index is 12.3. The summed E-state index contributed by atoms with van der Waals surface area (Å²) in [6.07, 6.45) is -4.53. The maximum Gasteiger partial charge on any atom is 0.432 e. The van der Waals surface area contributed by atoms with Crippen LogP contribution < -0.4 is 0 Å². The predicted molar refractivity (Wildman–Crippen MR) is 58.2 cm³/mol. The van der Waals surface area contributed by atoms with Crippen molar-refractivity contribution in [1.82, 2.24) is 10.2 Å². The smallest absolute Gasteiger partial charge is 0.287 e. The number of ketones is 1. The van der Waals surface area contributed by atoms with Crippen molar-refractivity contribution in [2.45, 2.75) is 13.1 Å². The summed E-state index contributed by atoms with van der Waals surface area (Å²) in [6, 6.07) is 7.25. The summed E-state index contributed by atoms with van der Waals surface area (Å²) in [5.41, 5.74) is -0.00507. The summed E-state index contributed by atoms with van der Waals surface area (Å²) in [4.78, 5) is 11.8. The monoisotopic (exact) mass is 254 g/mol. The van der Waals surface area contributed by atoms with Crippen LogP contribution in [0.5, 0.6) is 0 Å². The number of carbonyl (C=O) groups is 1. The van der Waals surface area contributed by atoms with E-state index in [0.29, 0.717) is 11.6 Å². The van der Waals surface area contributed by atoms with Gasteiger partial charge in [0.15, 0.2) is 0 Å². The predicted octanol–water partition coefficient (Wildman–Crippen LogP) is 2.97. The molecular formula is C12H9F3N2O. The van der Waals surface area contributed by atoms with E-state index in [-0.39, 0.29) is 5.69 Å². The van der Waals surface area contributed by atoms with Crippen molar-refractivity contribution in [1.29, 1.82) is 0 Å². The number of nitrogens with one attached hydrogen (secondary N) is 1. The summed E-state index contributed by atoms with van der Waals surface area (Å²) in [7, 11) is 0. The lowest BCUT2D eigenvalue weighted by Crippen LogP contribution is -2.05. The minimum atomic E-state index is -4.53. The molecule has 0 aliphatic carbocycles. The van der Waals surface area contributed by atoms with Crippen LogP contribution in [0.3, 0.4) is 0 Å². The number of aryl methyl sites for hydroxylation is 1. The van der Waals surface area contributed by atoms with Crippen molar-refractivity contribution in [2.75, 3.05) is 0 Å². The molecule has 2 rings (SSSR count). The maximum absolute atomic E-state index is 12.3. The Morgan fingerprint density at radius 2 is 1.83 bits per heavy atom. The number of alkyl halides is 3. The second-order valence-corrected chi connectivity index (χ2v) is 3.86. The number of rotatable bonds is 2. The van der Waals surface area contributed by atoms with E-state index in [1.165, 1.54) is 0 Å². The molecule has 1 aromatic heterocycles. The van der Waals surface area contributed by atoms with Gasteiger partial charge in [0, 0.05) is 5.56 Å². The van der Waals surface area contributed by atoms with Crippen LogP contribution in [0.2, 0.25) is 0 Å². The average molecular weight is 254 g/mol. The third-order valence-corrected chi connectivity index (χ3v) is 2.43. The van der Waals surface area contributed by atoms with Crippen molar-refractivity contribution in [3.8, 4) is 0 Å². The fourth-order valence-corrected chi connectivity index (χ4v) is 1.44. The van der Waals surface area contributed by atoms with Gasteiger partial charge in [-0.1, -0.05) is 29.8 Å². The van der Waals surface area contributed by atoms with Crippen LogP contribution in [0.15, 0.2) is 30.3 Å². The van der Waals surface area contributed by atoms with Gasteiger partial charge in [-0.25, -0.2) is 0 Å². The lowest BCUT2D eigenvalue weighted by Gasteiger charge is -2.00. The van der Waals surface area contributed by atoms with Crippen molar-refractivity contribution in [3.63, 3.8) is 0 Å². The molecule has 0 radical (unpaired) electrons. The van der Waals surface area contributed by atoms with Crippen LogP contribution in [0.4, 0.5) is 13.2 Å². The standard InChI is InChI=1S/C12H9F3N2O/c1-7-2-4-8(5-3-7)11(18)9-6-10(17-16-9)12(13,14)15/h2-6H,1H3,(H,16,17). The highest BCUT2D eigenvalue weighted by Gasteiger charge is 2.33. The van der Waals surface area contributed by atoms with Crippen LogP contribution in [0, 0.1) is 6.92 Å². The Morgan fingerprint density at radius 3 is 2.33 bits per heavy atom. The Balaban J connectivity index is 2.29. The molecule has 94 valence electrons. The van der Waals surface area contributed by atoms with E-state index in [4.69, 9.17) is 0 Å². The lowest BCUT2D eigenvalue weighted by atomic mass is 10.1. The lowest BCUT2D eigenvalue weighted by molar-refractivity contribution is -0.141. The zero-order chi connectivity index (χ0) is 13.3. The Hall–Kier alpha value is -2.11. The van der Waals surface area contributed by atoms with E-state index in [1.807, 2.05) is 12.0 Å².